The number of hydrogen-bond donors (Lipinski definition) is 2. The van der Waals surface area contributed by atoms with Crippen molar-refractivity contribution in [1.29, 1.82) is 0 Å². The van der Waals surface area contributed by atoms with E-state index in [0.717, 1.165) is 16.0 Å². The Hall–Kier alpha value is -3.38. The lowest BCUT2D eigenvalue weighted by atomic mass is 10.0. The monoisotopic (exact) mass is 434 g/mol. The maximum absolute atomic E-state index is 13.1. The molecule has 3 rings (SSSR count). The third kappa shape index (κ3) is 5.83. The van der Waals surface area contributed by atoms with Crippen LogP contribution in [0.2, 0.25) is 0 Å². The van der Waals surface area contributed by atoms with Gasteiger partial charge in [-0.15, -0.1) is 11.3 Å². The highest BCUT2D eigenvalue weighted by atomic mass is 32.1. The molecule has 0 unspecified atom stereocenters. The number of carbonyl (C=O) groups excluding carboxylic acids is 2. The first-order valence-corrected chi connectivity index (χ1v) is 10.8. The summed E-state index contributed by atoms with van der Waals surface area (Å²) in [4.78, 5) is 26.7. The predicted octanol–water partition coefficient (Wildman–Crippen LogP) is 5.02. The summed E-state index contributed by atoms with van der Waals surface area (Å²) in [6, 6.07) is 16.5. The van der Waals surface area contributed by atoms with Gasteiger partial charge in [0.15, 0.2) is 0 Å². The Morgan fingerprint density at radius 3 is 2.42 bits per heavy atom. The molecule has 1 atom stereocenters. The van der Waals surface area contributed by atoms with Gasteiger partial charge in [0.05, 0.1) is 13.2 Å². The molecular weight excluding hydrogens is 408 g/mol. The van der Waals surface area contributed by atoms with Gasteiger partial charge in [-0.25, -0.2) is 0 Å². The molecule has 0 fully saturated rings. The molecule has 0 spiro atoms. The van der Waals surface area contributed by atoms with Gasteiger partial charge in [0.1, 0.15) is 11.4 Å². The Morgan fingerprint density at radius 1 is 1.06 bits per heavy atom. The van der Waals surface area contributed by atoms with Gasteiger partial charge in [-0.2, -0.15) is 0 Å². The number of hydrogen-bond acceptors (Lipinski definition) is 4. The number of rotatable bonds is 7. The molecule has 2 aromatic carbocycles. The Labute approximate surface area is 186 Å². The summed E-state index contributed by atoms with van der Waals surface area (Å²) in [6.45, 7) is 6.00. The smallest absolute Gasteiger partial charge is 0.268 e. The SMILES string of the molecule is COc1ccc(C(=O)N/C(=C\c2cccs2)C(=O)N[C@@H](C)c2ccc(C)cc2C)cc1. The van der Waals surface area contributed by atoms with Crippen molar-refractivity contribution in [1.82, 2.24) is 10.6 Å². The van der Waals surface area contributed by atoms with Gasteiger partial charge < -0.3 is 15.4 Å². The third-order valence-electron chi connectivity index (χ3n) is 4.91. The van der Waals surface area contributed by atoms with Crippen LogP contribution in [0.5, 0.6) is 5.75 Å². The van der Waals surface area contributed by atoms with Crippen LogP contribution in [-0.4, -0.2) is 18.9 Å². The Kier molecular flexibility index (Phi) is 7.26. The van der Waals surface area contributed by atoms with Crippen LogP contribution < -0.4 is 15.4 Å². The largest absolute Gasteiger partial charge is 0.497 e. The van der Waals surface area contributed by atoms with Crippen LogP contribution in [0.1, 0.15) is 44.9 Å². The topological polar surface area (TPSA) is 67.4 Å². The van der Waals surface area contributed by atoms with Crippen LogP contribution >= 0.6 is 11.3 Å². The average molecular weight is 435 g/mol. The van der Waals surface area contributed by atoms with Gasteiger partial charge >= 0.3 is 0 Å². The second-order valence-corrected chi connectivity index (χ2v) is 8.29. The van der Waals surface area contributed by atoms with E-state index < -0.39 is 0 Å². The van der Waals surface area contributed by atoms with E-state index in [2.05, 4.69) is 16.7 Å². The lowest BCUT2D eigenvalue weighted by Gasteiger charge is -2.19. The number of amides is 2. The minimum absolute atomic E-state index is 0.194. The van der Waals surface area contributed by atoms with Gasteiger partial charge in [0.25, 0.3) is 11.8 Å². The molecule has 2 amide bonds. The Bertz CT molecular complexity index is 1090. The maximum Gasteiger partial charge on any atom is 0.268 e. The van der Waals surface area contributed by atoms with Crippen molar-refractivity contribution in [2.75, 3.05) is 7.11 Å². The van der Waals surface area contributed by atoms with Crippen molar-refractivity contribution in [3.8, 4) is 5.75 Å². The number of aryl methyl sites for hydroxylation is 2. The van der Waals surface area contributed by atoms with Crippen LogP contribution in [0, 0.1) is 13.8 Å². The highest BCUT2D eigenvalue weighted by molar-refractivity contribution is 7.10. The van der Waals surface area contributed by atoms with E-state index in [0.29, 0.717) is 11.3 Å². The summed E-state index contributed by atoms with van der Waals surface area (Å²) in [6.07, 6.45) is 1.69. The van der Waals surface area contributed by atoms with E-state index in [1.54, 1.807) is 37.5 Å². The highest BCUT2D eigenvalue weighted by Crippen LogP contribution is 2.20. The molecule has 5 nitrogen and oxygen atoms in total. The molecule has 0 saturated carbocycles. The summed E-state index contributed by atoms with van der Waals surface area (Å²) in [5.74, 6) is -0.0477. The number of thiophene rings is 1. The number of benzene rings is 2. The number of carbonyl (C=O) groups is 2. The minimum Gasteiger partial charge on any atom is -0.497 e. The lowest BCUT2D eigenvalue weighted by molar-refractivity contribution is -0.118. The fraction of sp³-hybridized carbons (Fsp3) is 0.200. The van der Waals surface area contributed by atoms with Gasteiger partial charge in [-0.3, -0.25) is 9.59 Å². The zero-order valence-electron chi connectivity index (χ0n) is 18.1. The second kappa shape index (κ2) is 10.1. The summed E-state index contributed by atoms with van der Waals surface area (Å²) in [5.41, 5.74) is 3.95. The van der Waals surface area contributed by atoms with Crippen molar-refractivity contribution in [2.45, 2.75) is 26.8 Å². The molecule has 6 heteroatoms. The quantitative estimate of drug-likeness (QED) is 0.513. The fourth-order valence-electron chi connectivity index (χ4n) is 3.27. The molecule has 0 bridgehead atoms. The predicted molar refractivity (Wildman–Crippen MR) is 125 cm³/mol. The molecule has 0 aliphatic rings. The summed E-state index contributed by atoms with van der Waals surface area (Å²) < 4.78 is 5.14. The molecular formula is C25H26N2O3S. The molecule has 160 valence electrons. The van der Waals surface area contributed by atoms with Crippen molar-refractivity contribution < 1.29 is 14.3 Å². The van der Waals surface area contributed by atoms with Gasteiger partial charge in [-0.1, -0.05) is 29.8 Å². The van der Waals surface area contributed by atoms with Crippen molar-refractivity contribution in [3.63, 3.8) is 0 Å². The Morgan fingerprint density at radius 2 is 1.81 bits per heavy atom. The third-order valence-corrected chi connectivity index (χ3v) is 5.73. The van der Waals surface area contributed by atoms with E-state index in [9.17, 15) is 9.59 Å². The molecule has 0 radical (unpaired) electrons. The lowest BCUT2D eigenvalue weighted by Crippen LogP contribution is -2.36. The summed E-state index contributed by atoms with van der Waals surface area (Å²) in [7, 11) is 1.57. The van der Waals surface area contributed by atoms with E-state index in [1.165, 1.54) is 16.9 Å². The van der Waals surface area contributed by atoms with Crippen LogP contribution in [0.15, 0.2) is 65.7 Å². The molecule has 0 aliphatic heterocycles. The van der Waals surface area contributed by atoms with Crippen LogP contribution in [0.4, 0.5) is 0 Å². The van der Waals surface area contributed by atoms with Gasteiger partial charge in [0.2, 0.25) is 0 Å². The maximum atomic E-state index is 13.1. The molecule has 2 N–H and O–H groups in total. The number of ether oxygens (including phenoxy) is 1. The fourth-order valence-corrected chi connectivity index (χ4v) is 3.93. The summed E-state index contributed by atoms with van der Waals surface area (Å²) >= 11 is 1.49. The molecule has 0 saturated heterocycles. The number of nitrogens with one attached hydrogen (secondary N) is 2. The first-order valence-electron chi connectivity index (χ1n) is 9.96. The van der Waals surface area contributed by atoms with Crippen molar-refractivity contribution in [3.05, 3.63) is 92.8 Å². The van der Waals surface area contributed by atoms with Crippen molar-refractivity contribution in [2.24, 2.45) is 0 Å². The zero-order chi connectivity index (χ0) is 22.4. The van der Waals surface area contributed by atoms with E-state index in [4.69, 9.17) is 4.74 Å². The van der Waals surface area contributed by atoms with E-state index >= 15 is 0 Å². The van der Waals surface area contributed by atoms with E-state index in [-0.39, 0.29) is 23.6 Å². The first kappa shape index (κ1) is 22.3. The average Bonchev–Trinajstić information content (AvgIpc) is 3.26. The van der Waals surface area contributed by atoms with Crippen LogP contribution in [0.25, 0.3) is 6.08 Å². The Balaban J connectivity index is 1.81. The molecule has 0 aliphatic carbocycles. The minimum atomic E-state index is -0.361. The first-order chi connectivity index (χ1) is 14.9. The van der Waals surface area contributed by atoms with E-state index in [1.807, 2.05) is 50.4 Å². The number of methoxy groups -OCH3 is 1. The summed E-state index contributed by atoms with van der Waals surface area (Å²) in [5, 5.41) is 7.69. The van der Waals surface area contributed by atoms with Crippen molar-refractivity contribution >= 4 is 29.2 Å². The van der Waals surface area contributed by atoms with Crippen LogP contribution in [-0.2, 0) is 4.79 Å². The molecule has 3 aromatic rings. The van der Waals surface area contributed by atoms with Gasteiger partial charge in [-0.05, 0) is 73.7 Å². The standard InChI is InChI=1S/C25H26N2O3S/c1-16-7-12-22(17(2)14-16)18(3)26-25(29)23(15-21-6-5-13-31-21)27-24(28)19-8-10-20(30-4)11-9-19/h5-15,18H,1-4H3,(H,26,29)(H,27,28)/b23-15-/t18-/m0/s1. The zero-order valence-corrected chi connectivity index (χ0v) is 18.9. The highest BCUT2D eigenvalue weighted by Gasteiger charge is 2.18. The van der Waals surface area contributed by atoms with Crippen LogP contribution in [0.3, 0.4) is 0 Å². The molecule has 31 heavy (non-hydrogen) atoms. The normalized spacial score (nSPS) is 12.2. The molecule has 1 aromatic heterocycles. The second-order valence-electron chi connectivity index (χ2n) is 7.31. The van der Waals surface area contributed by atoms with Gasteiger partial charge in [0, 0.05) is 10.4 Å². The molecule has 1 heterocycles.